The molecule has 0 saturated heterocycles. The van der Waals surface area contributed by atoms with E-state index in [4.69, 9.17) is 16.3 Å². The Morgan fingerprint density at radius 2 is 1.78 bits per heavy atom. The summed E-state index contributed by atoms with van der Waals surface area (Å²) >= 11 is 5.94. The van der Waals surface area contributed by atoms with Crippen LogP contribution >= 0.6 is 11.6 Å². The fourth-order valence-electron chi connectivity index (χ4n) is 1.93. The van der Waals surface area contributed by atoms with Crippen LogP contribution < -0.4 is 15.4 Å². The van der Waals surface area contributed by atoms with Crippen LogP contribution in [0, 0.1) is 6.92 Å². The monoisotopic (exact) mass is 332 g/mol. The fourth-order valence-corrected chi connectivity index (χ4v) is 2.05. The number of anilines is 2. The first-order valence-electron chi connectivity index (χ1n) is 7.00. The number of halogens is 1. The van der Waals surface area contributed by atoms with E-state index in [1.165, 1.54) is 6.92 Å². The smallest absolute Gasteiger partial charge is 0.262 e. The number of carbonyl (C=O) groups excluding carboxylic acids is 2. The fraction of sp³-hybridized carbons (Fsp3) is 0.176. The van der Waals surface area contributed by atoms with Crippen molar-refractivity contribution in [3.8, 4) is 5.75 Å². The van der Waals surface area contributed by atoms with Crippen LogP contribution in [0.1, 0.15) is 12.5 Å². The molecular weight excluding hydrogens is 316 g/mol. The van der Waals surface area contributed by atoms with Crippen LogP contribution in [0.2, 0.25) is 5.02 Å². The summed E-state index contributed by atoms with van der Waals surface area (Å²) in [6.07, 6.45) is 0. The molecular formula is C17H17ClN2O3. The molecule has 0 saturated carbocycles. The minimum Gasteiger partial charge on any atom is -0.484 e. The molecule has 0 heterocycles. The topological polar surface area (TPSA) is 67.4 Å². The van der Waals surface area contributed by atoms with E-state index in [0.717, 1.165) is 5.56 Å². The third-order valence-corrected chi connectivity index (χ3v) is 3.39. The second-order valence-corrected chi connectivity index (χ2v) is 5.42. The average Bonchev–Trinajstić information content (AvgIpc) is 2.48. The van der Waals surface area contributed by atoms with Gasteiger partial charge >= 0.3 is 0 Å². The molecule has 0 unspecified atom stereocenters. The number of hydrogen-bond donors (Lipinski definition) is 2. The van der Waals surface area contributed by atoms with Gasteiger partial charge in [0, 0.05) is 23.3 Å². The lowest BCUT2D eigenvalue weighted by molar-refractivity contribution is -0.118. The summed E-state index contributed by atoms with van der Waals surface area (Å²) in [4.78, 5) is 23.0. The molecule has 0 aliphatic rings. The van der Waals surface area contributed by atoms with E-state index in [0.29, 0.717) is 22.1 Å². The quantitative estimate of drug-likeness (QED) is 0.878. The second-order valence-electron chi connectivity index (χ2n) is 5.01. The van der Waals surface area contributed by atoms with Crippen LogP contribution in [0.5, 0.6) is 5.75 Å². The Morgan fingerprint density at radius 1 is 1.09 bits per heavy atom. The van der Waals surface area contributed by atoms with Crippen LogP contribution in [0.15, 0.2) is 42.5 Å². The molecule has 5 nitrogen and oxygen atoms in total. The summed E-state index contributed by atoms with van der Waals surface area (Å²) in [5.41, 5.74) is 2.08. The molecule has 6 heteroatoms. The third-order valence-electron chi connectivity index (χ3n) is 2.97. The van der Waals surface area contributed by atoms with Crippen molar-refractivity contribution in [2.45, 2.75) is 13.8 Å². The molecule has 2 rings (SSSR count). The van der Waals surface area contributed by atoms with Gasteiger partial charge in [0.2, 0.25) is 5.91 Å². The molecule has 2 amide bonds. The Hall–Kier alpha value is -2.53. The van der Waals surface area contributed by atoms with E-state index >= 15 is 0 Å². The molecule has 0 radical (unpaired) electrons. The predicted octanol–water partition coefficient (Wildman–Crippen LogP) is 3.62. The van der Waals surface area contributed by atoms with Crippen LogP contribution in [-0.2, 0) is 9.59 Å². The Labute approximate surface area is 139 Å². The summed E-state index contributed by atoms with van der Waals surface area (Å²) in [7, 11) is 0. The maximum absolute atomic E-state index is 11.9. The first-order chi connectivity index (χ1) is 10.9. The molecule has 0 fully saturated rings. The van der Waals surface area contributed by atoms with Gasteiger partial charge in [0.1, 0.15) is 5.75 Å². The molecule has 120 valence electrons. The Bertz CT molecular complexity index is 732. The molecule has 0 atom stereocenters. The van der Waals surface area contributed by atoms with Crippen molar-refractivity contribution in [3.05, 3.63) is 53.1 Å². The Morgan fingerprint density at radius 3 is 2.43 bits per heavy atom. The van der Waals surface area contributed by atoms with Crippen molar-refractivity contribution >= 4 is 34.8 Å². The highest BCUT2D eigenvalue weighted by Gasteiger charge is 2.06. The Balaban J connectivity index is 1.91. The summed E-state index contributed by atoms with van der Waals surface area (Å²) < 4.78 is 5.43. The summed E-state index contributed by atoms with van der Waals surface area (Å²) in [5, 5.41) is 6.01. The lowest BCUT2D eigenvalue weighted by Crippen LogP contribution is -2.20. The van der Waals surface area contributed by atoms with Gasteiger partial charge in [0.15, 0.2) is 6.61 Å². The molecule has 2 aromatic rings. The number of hydrogen-bond acceptors (Lipinski definition) is 3. The van der Waals surface area contributed by atoms with Gasteiger partial charge in [-0.2, -0.15) is 0 Å². The molecule has 0 aromatic heterocycles. The number of aryl methyl sites for hydroxylation is 1. The molecule has 23 heavy (non-hydrogen) atoms. The zero-order valence-electron chi connectivity index (χ0n) is 12.9. The first kappa shape index (κ1) is 16.8. The van der Waals surface area contributed by atoms with Crippen molar-refractivity contribution in [3.63, 3.8) is 0 Å². The summed E-state index contributed by atoms with van der Waals surface area (Å²) in [6, 6.07) is 12.1. The van der Waals surface area contributed by atoms with Gasteiger partial charge in [0.25, 0.3) is 5.91 Å². The van der Waals surface area contributed by atoms with E-state index < -0.39 is 0 Å². The van der Waals surface area contributed by atoms with Gasteiger partial charge in [-0.3, -0.25) is 9.59 Å². The number of carbonyl (C=O) groups is 2. The number of ether oxygens (including phenoxy) is 1. The lowest BCUT2D eigenvalue weighted by atomic mass is 10.2. The van der Waals surface area contributed by atoms with E-state index in [9.17, 15) is 9.59 Å². The molecule has 2 aromatic carbocycles. The SMILES string of the molecule is CC(=O)Nc1cccc(NC(=O)COc2ccc(Cl)c(C)c2)c1. The average molecular weight is 333 g/mol. The van der Waals surface area contributed by atoms with E-state index in [2.05, 4.69) is 10.6 Å². The maximum Gasteiger partial charge on any atom is 0.262 e. The van der Waals surface area contributed by atoms with Crippen molar-refractivity contribution in [1.82, 2.24) is 0 Å². The highest BCUT2D eigenvalue weighted by molar-refractivity contribution is 6.31. The highest BCUT2D eigenvalue weighted by Crippen LogP contribution is 2.21. The number of amides is 2. The van der Waals surface area contributed by atoms with Gasteiger partial charge in [-0.15, -0.1) is 0 Å². The van der Waals surface area contributed by atoms with Crippen LogP contribution in [0.3, 0.4) is 0 Å². The van der Waals surface area contributed by atoms with E-state index in [-0.39, 0.29) is 18.4 Å². The molecule has 0 bridgehead atoms. The normalized spacial score (nSPS) is 10.0. The highest BCUT2D eigenvalue weighted by atomic mass is 35.5. The van der Waals surface area contributed by atoms with E-state index in [1.54, 1.807) is 42.5 Å². The minimum absolute atomic E-state index is 0.120. The molecule has 0 aliphatic carbocycles. The second kappa shape index (κ2) is 7.65. The van der Waals surface area contributed by atoms with Crippen LogP contribution in [0.4, 0.5) is 11.4 Å². The predicted molar refractivity (Wildman–Crippen MR) is 91.1 cm³/mol. The molecule has 0 aliphatic heterocycles. The number of rotatable bonds is 5. The van der Waals surface area contributed by atoms with Gasteiger partial charge in [-0.25, -0.2) is 0 Å². The number of nitrogens with one attached hydrogen (secondary N) is 2. The van der Waals surface area contributed by atoms with Crippen molar-refractivity contribution in [2.24, 2.45) is 0 Å². The zero-order chi connectivity index (χ0) is 16.8. The summed E-state index contributed by atoms with van der Waals surface area (Å²) in [6.45, 7) is 3.17. The standard InChI is InChI=1S/C17H17ClN2O3/c1-11-8-15(6-7-16(11)18)23-10-17(22)20-14-5-3-4-13(9-14)19-12(2)21/h3-9H,10H2,1-2H3,(H,19,21)(H,20,22). The lowest BCUT2D eigenvalue weighted by Gasteiger charge is -2.10. The van der Waals surface area contributed by atoms with Gasteiger partial charge in [0.05, 0.1) is 0 Å². The Kier molecular flexibility index (Phi) is 5.60. The van der Waals surface area contributed by atoms with Crippen molar-refractivity contribution in [2.75, 3.05) is 17.2 Å². The van der Waals surface area contributed by atoms with Crippen LogP contribution in [-0.4, -0.2) is 18.4 Å². The molecule has 2 N–H and O–H groups in total. The third kappa shape index (κ3) is 5.30. The molecule has 0 spiro atoms. The van der Waals surface area contributed by atoms with Crippen molar-refractivity contribution < 1.29 is 14.3 Å². The first-order valence-corrected chi connectivity index (χ1v) is 7.38. The van der Waals surface area contributed by atoms with Gasteiger partial charge in [-0.1, -0.05) is 17.7 Å². The summed E-state index contributed by atoms with van der Waals surface area (Å²) in [5.74, 6) is 0.113. The largest absolute Gasteiger partial charge is 0.484 e. The van der Waals surface area contributed by atoms with E-state index in [1.807, 2.05) is 6.92 Å². The number of benzene rings is 2. The zero-order valence-corrected chi connectivity index (χ0v) is 13.6. The van der Waals surface area contributed by atoms with Crippen LogP contribution in [0.25, 0.3) is 0 Å². The van der Waals surface area contributed by atoms with Crippen molar-refractivity contribution in [1.29, 1.82) is 0 Å². The van der Waals surface area contributed by atoms with Gasteiger partial charge < -0.3 is 15.4 Å². The van der Waals surface area contributed by atoms with Gasteiger partial charge in [-0.05, 0) is 48.9 Å². The minimum atomic E-state index is -0.294. The maximum atomic E-state index is 11.9.